The highest BCUT2D eigenvalue weighted by Gasteiger charge is 2.26. The first kappa shape index (κ1) is 23.8. The van der Waals surface area contributed by atoms with Crippen molar-refractivity contribution in [1.29, 1.82) is 0 Å². The number of fused-ring (bicyclic) bond motifs is 18. The Hall–Kier alpha value is -5.64. The fourth-order valence-corrected chi connectivity index (χ4v) is 9.19. The molecule has 0 aliphatic heterocycles. The lowest BCUT2D eigenvalue weighted by Gasteiger charge is -2.14. The summed E-state index contributed by atoms with van der Waals surface area (Å²) in [6, 6.07) is 50.7. The summed E-state index contributed by atoms with van der Waals surface area (Å²) in [6.45, 7) is 0. The number of rotatable bonds is 1. The highest BCUT2D eigenvalue weighted by molar-refractivity contribution is 7.26. The Morgan fingerprint density at radius 3 is 1.78 bits per heavy atom. The molecular weight excluding hydrogens is 567 g/mol. The summed E-state index contributed by atoms with van der Waals surface area (Å²) in [6.07, 6.45) is 0. The van der Waals surface area contributed by atoms with Gasteiger partial charge in [-0.1, -0.05) is 115 Å². The topological polar surface area (TPSA) is 18.1 Å². The van der Waals surface area contributed by atoms with E-state index in [4.69, 9.17) is 4.42 Å². The molecule has 11 aromatic rings. The lowest BCUT2D eigenvalue weighted by molar-refractivity contribution is 0.671. The molecule has 3 heterocycles. The van der Waals surface area contributed by atoms with Crippen molar-refractivity contribution in [2.45, 2.75) is 0 Å². The van der Waals surface area contributed by atoms with Crippen LogP contribution in [0.25, 0.3) is 102 Å². The van der Waals surface area contributed by atoms with E-state index in [-0.39, 0.29) is 0 Å². The summed E-state index contributed by atoms with van der Waals surface area (Å²) < 4.78 is 12.1. The van der Waals surface area contributed by atoms with Crippen molar-refractivity contribution >= 4 is 108 Å². The van der Waals surface area contributed by atoms with E-state index in [2.05, 4.69) is 144 Å². The fraction of sp³-hybridized carbons (Fsp3) is 0. The van der Waals surface area contributed by atoms with Gasteiger partial charge in [0.05, 0.1) is 21.4 Å². The van der Waals surface area contributed by atoms with Gasteiger partial charge in [0.2, 0.25) is 0 Å². The Labute approximate surface area is 260 Å². The smallest absolute Gasteiger partial charge is 0.160 e. The maximum atomic E-state index is 6.98. The second-order valence-electron chi connectivity index (χ2n) is 12.0. The minimum Gasteiger partial charge on any atom is -0.454 e. The second-order valence-corrected chi connectivity index (χ2v) is 13.0. The van der Waals surface area contributed by atoms with E-state index in [0.717, 1.165) is 22.1 Å². The van der Waals surface area contributed by atoms with E-state index in [0.29, 0.717) is 0 Å². The van der Waals surface area contributed by atoms with Gasteiger partial charge in [0.15, 0.2) is 5.58 Å². The quantitative estimate of drug-likeness (QED) is 0.174. The molecule has 0 saturated carbocycles. The molecule has 0 aliphatic rings. The maximum absolute atomic E-state index is 6.98. The van der Waals surface area contributed by atoms with E-state index >= 15 is 0 Å². The van der Waals surface area contributed by atoms with Crippen LogP contribution >= 0.6 is 11.3 Å². The third kappa shape index (κ3) is 2.94. The molecule has 2 nitrogen and oxygen atoms in total. The van der Waals surface area contributed by atoms with Crippen LogP contribution in [0.4, 0.5) is 0 Å². The zero-order valence-electron chi connectivity index (χ0n) is 24.0. The lowest BCUT2D eigenvalue weighted by Crippen LogP contribution is -1.95. The molecule has 0 saturated heterocycles. The Bertz CT molecular complexity index is 3050. The molecular formula is C42H23NOS. The fourth-order valence-electron chi connectivity index (χ4n) is 7.99. The molecule has 3 heteroatoms. The van der Waals surface area contributed by atoms with Gasteiger partial charge in [-0.25, -0.2) is 0 Å². The first-order valence-corrected chi connectivity index (χ1v) is 16.2. The molecule has 0 atom stereocenters. The Morgan fingerprint density at radius 1 is 0.422 bits per heavy atom. The van der Waals surface area contributed by atoms with Crippen molar-refractivity contribution in [2.75, 3.05) is 0 Å². The van der Waals surface area contributed by atoms with Gasteiger partial charge < -0.3 is 8.98 Å². The third-order valence-electron chi connectivity index (χ3n) is 9.74. The molecule has 11 rings (SSSR count). The number of thiophene rings is 1. The summed E-state index contributed by atoms with van der Waals surface area (Å²) in [5.74, 6) is 0. The second kappa shape index (κ2) is 8.50. The minimum absolute atomic E-state index is 0.912. The Balaban J connectivity index is 1.51. The van der Waals surface area contributed by atoms with Gasteiger partial charge in [0.25, 0.3) is 0 Å². The predicted octanol–water partition coefficient (Wildman–Crippen LogP) is 12.5. The number of hydrogen-bond acceptors (Lipinski definition) is 2. The molecule has 208 valence electrons. The zero-order valence-corrected chi connectivity index (χ0v) is 24.9. The van der Waals surface area contributed by atoms with E-state index in [9.17, 15) is 0 Å². The number of aromatic nitrogens is 1. The van der Waals surface area contributed by atoms with Gasteiger partial charge in [0, 0.05) is 47.8 Å². The molecule has 8 aromatic carbocycles. The SMILES string of the molecule is c1ccc2c(c1)oc1c2c2c3ccccc3c3ccccc3c2c2c3ccccc3n(-c3cccc4c3sc3ccccc34)c12. The number of benzene rings is 8. The highest BCUT2D eigenvalue weighted by Crippen LogP contribution is 2.51. The zero-order chi connectivity index (χ0) is 29.2. The molecule has 0 fully saturated rings. The van der Waals surface area contributed by atoms with Crippen molar-refractivity contribution in [3.05, 3.63) is 140 Å². The molecule has 3 aromatic heterocycles. The van der Waals surface area contributed by atoms with E-state index in [1.54, 1.807) is 0 Å². The van der Waals surface area contributed by atoms with Gasteiger partial charge in [0.1, 0.15) is 5.58 Å². The van der Waals surface area contributed by atoms with Crippen molar-refractivity contribution in [2.24, 2.45) is 0 Å². The number of nitrogens with zero attached hydrogens (tertiary/aromatic N) is 1. The van der Waals surface area contributed by atoms with Crippen LogP contribution in [0.1, 0.15) is 0 Å². The monoisotopic (exact) mass is 589 g/mol. The molecule has 0 unspecified atom stereocenters. The summed E-state index contributed by atoms with van der Waals surface area (Å²) >= 11 is 1.87. The van der Waals surface area contributed by atoms with Crippen molar-refractivity contribution < 1.29 is 4.42 Å². The van der Waals surface area contributed by atoms with E-state index < -0.39 is 0 Å². The number of furan rings is 1. The molecule has 0 N–H and O–H groups in total. The van der Waals surface area contributed by atoms with Gasteiger partial charge in [-0.3, -0.25) is 0 Å². The van der Waals surface area contributed by atoms with Crippen molar-refractivity contribution in [3.63, 3.8) is 0 Å². The third-order valence-corrected chi connectivity index (χ3v) is 11.0. The molecule has 0 radical (unpaired) electrons. The largest absolute Gasteiger partial charge is 0.454 e. The van der Waals surface area contributed by atoms with E-state index in [1.807, 2.05) is 11.3 Å². The van der Waals surface area contributed by atoms with Crippen LogP contribution in [-0.2, 0) is 0 Å². The van der Waals surface area contributed by atoms with Crippen LogP contribution in [0.5, 0.6) is 0 Å². The van der Waals surface area contributed by atoms with Crippen molar-refractivity contribution in [1.82, 2.24) is 4.57 Å². The molecule has 0 bridgehead atoms. The molecule has 0 aliphatic carbocycles. The average Bonchev–Trinajstić information content (AvgIpc) is 3.78. The standard InChI is InChI=1S/C42H23NOS/c1-3-15-27-24(12-1)25-13-2-4-16-28(25)37-36(27)38-30-17-5-8-20-32(30)43(40(38)41-39(37)31-18-6-9-22-34(31)44-41)33-21-11-19-29-26-14-7-10-23-35(26)45-42(29)33/h1-23H. The van der Waals surface area contributed by atoms with Crippen LogP contribution in [0.2, 0.25) is 0 Å². The maximum Gasteiger partial charge on any atom is 0.160 e. The van der Waals surface area contributed by atoms with Crippen LogP contribution in [0.15, 0.2) is 144 Å². The first-order valence-electron chi connectivity index (χ1n) is 15.4. The highest BCUT2D eigenvalue weighted by atomic mass is 32.1. The number of para-hydroxylation sites is 2. The Morgan fingerprint density at radius 2 is 1.00 bits per heavy atom. The summed E-state index contributed by atoms with van der Waals surface area (Å²) in [5, 5.41) is 15.0. The Kier molecular flexibility index (Phi) is 4.49. The molecule has 0 spiro atoms. The van der Waals surface area contributed by atoms with Crippen LogP contribution < -0.4 is 0 Å². The van der Waals surface area contributed by atoms with Crippen molar-refractivity contribution in [3.8, 4) is 5.69 Å². The predicted molar refractivity (Wildman–Crippen MR) is 193 cm³/mol. The molecule has 0 amide bonds. The van der Waals surface area contributed by atoms with Crippen LogP contribution in [0.3, 0.4) is 0 Å². The first-order chi connectivity index (χ1) is 22.4. The summed E-state index contributed by atoms with van der Waals surface area (Å²) in [7, 11) is 0. The van der Waals surface area contributed by atoms with Gasteiger partial charge in [-0.15, -0.1) is 11.3 Å². The molecule has 45 heavy (non-hydrogen) atoms. The minimum atomic E-state index is 0.912. The van der Waals surface area contributed by atoms with Gasteiger partial charge in [-0.05, 0) is 45.8 Å². The normalized spacial score (nSPS) is 12.4. The average molecular weight is 590 g/mol. The lowest BCUT2D eigenvalue weighted by atomic mass is 9.89. The van der Waals surface area contributed by atoms with Gasteiger partial charge >= 0.3 is 0 Å². The van der Waals surface area contributed by atoms with Gasteiger partial charge in [-0.2, -0.15) is 0 Å². The summed E-state index contributed by atoms with van der Waals surface area (Å²) in [4.78, 5) is 0. The van der Waals surface area contributed by atoms with Crippen LogP contribution in [-0.4, -0.2) is 4.57 Å². The van der Waals surface area contributed by atoms with Crippen LogP contribution in [0, 0.1) is 0 Å². The number of hydrogen-bond donors (Lipinski definition) is 0. The summed E-state index contributed by atoms with van der Waals surface area (Å²) in [5.41, 5.74) is 5.35. The van der Waals surface area contributed by atoms with E-state index in [1.165, 1.54) is 79.9 Å².